The third-order valence-corrected chi connectivity index (χ3v) is 5.13. The third-order valence-electron chi connectivity index (χ3n) is 5.13. The van der Waals surface area contributed by atoms with Gasteiger partial charge in [-0.2, -0.15) is 0 Å². The Bertz CT molecular complexity index is 642. The van der Waals surface area contributed by atoms with E-state index < -0.39 is 0 Å². The minimum absolute atomic E-state index is 0.109. The number of carbonyl (C=O) groups is 2. The third kappa shape index (κ3) is 6.85. The summed E-state index contributed by atoms with van der Waals surface area (Å²) >= 11 is 0. The number of nitrogens with one attached hydrogen (secondary N) is 2. The molecule has 0 radical (unpaired) electrons. The standard InChI is InChI=1S/C21H32FN3O2/c1-15(2)9-12-20(26)23-14-21(27)24-16-10-11-19(18(22)13-16)25(3)17-7-5-4-6-8-17/h10-11,13,15,17H,4-9,12,14H2,1-3H3,(H,23,26)(H,24,27). The molecular formula is C21H32FN3O2. The lowest BCUT2D eigenvalue weighted by Gasteiger charge is -2.33. The van der Waals surface area contributed by atoms with Gasteiger partial charge in [-0.15, -0.1) is 0 Å². The highest BCUT2D eigenvalue weighted by atomic mass is 19.1. The van der Waals surface area contributed by atoms with Crippen molar-refractivity contribution in [3.8, 4) is 0 Å². The van der Waals surface area contributed by atoms with E-state index in [1.165, 1.54) is 25.3 Å². The Morgan fingerprint density at radius 2 is 1.89 bits per heavy atom. The summed E-state index contributed by atoms with van der Waals surface area (Å²) in [5, 5.41) is 5.23. The number of hydrogen-bond donors (Lipinski definition) is 2. The van der Waals surface area contributed by atoms with Gasteiger partial charge in [-0.05, 0) is 43.4 Å². The van der Waals surface area contributed by atoms with E-state index >= 15 is 0 Å². The smallest absolute Gasteiger partial charge is 0.243 e. The summed E-state index contributed by atoms with van der Waals surface area (Å²) < 4.78 is 14.5. The first kappa shape index (κ1) is 21.2. The summed E-state index contributed by atoms with van der Waals surface area (Å²) in [6.07, 6.45) is 7.00. The minimum Gasteiger partial charge on any atom is -0.369 e. The molecule has 150 valence electrons. The topological polar surface area (TPSA) is 61.4 Å². The van der Waals surface area contributed by atoms with Gasteiger partial charge in [0.25, 0.3) is 0 Å². The maximum absolute atomic E-state index is 14.5. The maximum atomic E-state index is 14.5. The molecule has 27 heavy (non-hydrogen) atoms. The van der Waals surface area contributed by atoms with Crippen LogP contribution in [0.15, 0.2) is 18.2 Å². The molecule has 1 aromatic rings. The molecule has 0 saturated heterocycles. The van der Waals surface area contributed by atoms with Crippen LogP contribution in [0.4, 0.5) is 15.8 Å². The molecule has 2 amide bonds. The molecule has 2 N–H and O–H groups in total. The van der Waals surface area contributed by atoms with Crippen LogP contribution < -0.4 is 15.5 Å². The second-order valence-electron chi connectivity index (χ2n) is 7.83. The molecular weight excluding hydrogens is 345 g/mol. The van der Waals surface area contributed by atoms with Gasteiger partial charge in [0.05, 0.1) is 12.2 Å². The van der Waals surface area contributed by atoms with E-state index in [0.29, 0.717) is 29.8 Å². The highest BCUT2D eigenvalue weighted by Gasteiger charge is 2.20. The number of benzene rings is 1. The van der Waals surface area contributed by atoms with Crippen LogP contribution >= 0.6 is 0 Å². The van der Waals surface area contributed by atoms with Crippen LogP contribution in [0.1, 0.15) is 58.8 Å². The molecule has 0 aliphatic heterocycles. The van der Waals surface area contributed by atoms with Crippen molar-refractivity contribution in [1.82, 2.24) is 5.32 Å². The molecule has 1 aliphatic carbocycles. The Balaban J connectivity index is 1.85. The van der Waals surface area contributed by atoms with Crippen LogP contribution in [0.2, 0.25) is 0 Å². The van der Waals surface area contributed by atoms with Gasteiger partial charge in [-0.3, -0.25) is 9.59 Å². The average Bonchev–Trinajstić information content (AvgIpc) is 2.65. The predicted octanol–water partition coefficient (Wildman–Crippen LogP) is 4.09. The Morgan fingerprint density at radius 3 is 2.52 bits per heavy atom. The summed E-state index contributed by atoms with van der Waals surface area (Å²) in [7, 11) is 1.93. The lowest BCUT2D eigenvalue weighted by Crippen LogP contribution is -2.34. The summed E-state index contributed by atoms with van der Waals surface area (Å²) in [4.78, 5) is 25.7. The largest absolute Gasteiger partial charge is 0.369 e. The first-order chi connectivity index (χ1) is 12.9. The minimum atomic E-state index is -0.360. The molecule has 0 bridgehead atoms. The number of nitrogens with zero attached hydrogens (tertiary/aromatic N) is 1. The first-order valence-corrected chi connectivity index (χ1v) is 9.95. The monoisotopic (exact) mass is 377 g/mol. The van der Waals surface area contributed by atoms with E-state index in [9.17, 15) is 14.0 Å². The fourth-order valence-corrected chi connectivity index (χ4v) is 3.43. The van der Waals surface area contributed by atoms with Crippen molar-refractivity contribution < 1.29 is 14.0 Å². The molecule has 1 saturated carbocycles. The second-order valence-corrected chi connectivity index (χ2v) is 7.83. The molecule has 0 aromatic heterocycles. The Labute approximate surface area is 161 Å². The average molecular weight is 378 g/mol. The van der Waals surface area contributed by atoms with E-state index in [4.69, 9.17) is 0 Å². The van der Waals surface area contributed by atoms with Crippen LogP contribution in [0.25, 0.3) is 0 Å². The number of amides is 2. The van der Waals surface area contributed by atoms with Crippen LogP contribution in [0, 0.1) is 11.7 Å². The Morgan fingerprint density at radius 1 is 1.19 bits per heavy atom. The number of rotatable bonds is 8. The summed E-state index contributed by atoms with van der Waals surface area (Å²) in [5.41, 5.74) is 0.955. The Kier molecular flexibility index (Phi) is 8.07. The van der Waals surface area contributed by atoms with Gasteiger partial charge >= 0.3 is 0 Å². The van der Waals surface area contributed by atoms with Gasteiger partial charge in [-0.25, -0.2) is 4.39 Å². The maximum Gasteiger partial charge on any atom is 0.243 e. The SMILES string of the molecule is CC(C)CCC(=O)NCC(=O)Nc1ccc(N(C)C2CCCCC2)c(F)c1. The lowest BCUT2D eigenvalue weighted by molar-refractivity contribution is -0.124. The van der Waals surface area contributed by atoms with Crippen molar-refractivity contribution in [3.05, 3.63) is 24.0 Å². The van der Waals surface area contributed by atoms with Gasteiger partial charge in [0, 0.05) is 25.2 Å². The highest BCUT2D eigenvalue weighted by molar-refractivity contribution is 5.94. The quantitative estimate of drug-likeness (QED) is 0.717. The van der Waals surface area contributed by atoms with Crippen molar-refractivity contribution in [2.75, 3.05) is 23.8 Å². The predicted molar refractivity (Wildman–Crippen MR) is 107 cm³/mol. The molecule has 1 aliphatic rings. The van der Waals surface area contributed by atoms with E-state index in [1.54, 1.807) is 12.1 Å². The number of anilines is 2. The zero-order valence-corrected chi connectivity index (χ0v) is 16.7. The van der Waals surface area contributed by atoms with Crippen molar-refractivity contribution in [2.24, 2.45) is 5.92 Å². The summed E-state index contributed by atoms with van der Waals surface area (Å²) in [6.45, 7) is 3.98. The lowest BCUT2D eigenvalue weighted by atomic mass is 9.94. The molecule has 2 rings (SSSR count). The summed E-state index contributed by atoms with van der Waals surface area (Å²) in [6, 6.07) is 5.12. The van der Waals surface area contributed by atoms with Crippen molar-refractivity contribution >= 4 is 23.2 Å². The van der Waals surface area contributed by atoms with Gasteiger partial charge in [0.1, 0.15) is 5.82 Å². The first-order valence-electron chi connectivity index (χ1n) is 9.95. The van der Waals surface area contributed by atoms with Crippen LogP contribution in [-0.4, -0.2) is 31.4 Å². The van der Waals surface area contributed by atoms with Crippen LogP contribution in [-0.2, 0) is 9.59 Å². The van der Waals surface area contributed by atoms with E-state index in [1.807, 2.05) is 25.8 Å². The number of halogens is 1. The number of carbonyl (C=O) groups excluding carboxylic acids is 2. The van der Waals surface area contributed by atoms with Crippen molar-refractivity contribution in [3.63, 3.8) is 0 Å². The second kappa shape index (κ2) is 10.3. The fourth-order valence-electron chi connectivity index (χ4n) is 3.43. The number of hydrogen-bond acceptors (Lipinski definition) is 3. The van der Waals surface area contributed by atoms with Crippen LogP contribution in [0.5, 0.6) is 0 Å². The molecule has 0 spiro atoms. The van der Waals surface area contributed by atoms with E-state index in [-0.39, 0.29) is 24.2 Å². The normalized spacial score (nSPS) is 14.9. The van der Waals surface area contributed by atoms with E-state index in [2.05, 4.69) is 10.6 Å². The zero-order chi connectivity index (χ0) is 19.8. The van der Waals surface area contributed by atoms with Gasteiger partial charge in [0.15, 0.2) is 0 Å². The molecule has 5 nitrogen and oxygen atoms in total. The summed E-state index contributed by atoms with van der Waals surface area (Å²) in [5.74, 6) is -0.408. The zero-order valence-electron chi connectivity index (χ0n) is 16.7. The van der Waals surface area contributed by atoms with Gasteiger partial charge in [-0.1, -0.05) is 33.1 Å². The molecule has 1 fully saturated rings. The Hall–Kier alpha value is -2.11. The highest BCUT2D eigenvalue weighted by Crippen LogP contribution is 2.29. The van der Waals surface area contributed by atoms with Crippen molar-refractivity contribution in [2.45, 2.75) is 64.8 Å². The molecule has 1 aromatic carbocycles. The van der Waals surface area contributed by atoms with E-state index in [0.717, 1.165) is 19.3 Å². The fraction of sp³-hybridized carbons (Fsp3) is 0.619. The molecule has 6 heteroatoms. The van der Waals surface area contributed by atoms with Gasteiger partial charge in [0.2, 0.25) is 11.8 Å². The van der Waals surface area contributed by atoms with Gasteiger partial charge < -0.3 is 15.5 Å². The molecule has 0 unspecified atom stereocenters. The van der Waals surface area contributed by atoms with Crippen molar-refractivity contribution in [1.29, 1.82) is 0 Å². The molecule has 0 atom stereocenters. The molecule has 0 heterocycles. The van der Waals surface area contributed by atoms with Crippen LogP contribution in [0.3, 0.4) is 0 Å².